The van der Waals surface area contributed by atoms with Crippen LogP contribution >= 0.6 is 0 Å². The van der Waals surface area contributed by atoms with E-state index in [0.29, 0.717) is 27.8 Å². The minimum atomic E-state index is -0.381. The lowest BCUT2D eigenvalue weighted by molar-refractivity contribution is 0.401. The summed E-state index contributed by atoms with van der Waals surface area (Å²) in [6.07, 6.45) is 0. The molecule has 0 aliphatic heterocycles. The van der Waals surface area contributed by atoms with E-state index in [-0.39, 0.29) is 22.8 Å². The van der Waals surface area contributed by atoms with E-state index < -0.39 is 0 Å². The fourth-order valence-electron chi connectivity index (χ4n) is 8.17. The van der Waals surface area contributed by atoms with Crippen LogP contribution in [0.3, 0.4) is 0 Å². The minimum absolute atomic E-state index is 0.113. The van der Waals surface area contributed by atoms with Gasteiger partial charge in [-0.15, -0.1) is 0 Å². The highest BCUT2D eigenvalue weighted by molar-refractivity contribution is 6.28. The molecule has 10 aromatic rings. The summed E-state index contributed by atoms with van der Waals surface area (Å²) in [5.74, 6) is -0.788. The summed E-state index contributed by atoms with van der Waals surface area (Å²) >= 11 is 0. The van der Waals surface area contributed by atoms with Crippen LogP contribution in [0.15, 0.2) is 168 Å². The van der Waals surface area contributed by atoms with Crippen LogP contribution in [0.25, 0.3) is 98.8 Å². The molecule has 0 amide bonds. The van der Waals surface area contributed by atoms with Crippen LogP contribution in [0.2, 0.25) is 0 Å². The maximum absolute atomic E-state index is 12.5. The standard InChI is InChI=1S/C48H30O4/c49-45-39(29-15-3-1-4-16-29)40(30-17-5-2-6-18-30)46(50)47(51)44(45)43-34-22-11-9-20-32(34)41(33-21-10-12-23-35(33)43)36-24-13-25-38-42(36)37-27-26-28-14-7-8-19-31(28)48(37)52-38/h1-27,49-51H. The van der Waals surface area contributed by atoms with E-state index in [0.717, 1.165) is 65.4 Å². The van der Waals surface area contributed by atoms with Crippen molar-refractivity contribution in [3.8, 4) is 61.8 Å². The zero-order valence-corrected chi connectivity index (χ0v) is 27.8. The SMILES string of the molecule is Oc1c(O)c(-c2ccccc2)c(-c2ccccc2)c(O)c1-c1c2ccccc2c(-c2cccc3oc4c5ccccc5ccc4c23)c2ccccc12. The number of hydrogen-bond acceptors (Lipinski definition) is 4. The molecule has 52 heavy (non-hydrogen) atoms. The number of aromatic hydroxyl groups is 3. The number of hydrogen-bond donors (Lipinski definition) is 3. The number of fused-ring (bicyclic) bond motifs is 7. The summed E-state index contributed by atoms with van der Waals surface area (Å²) < 4.78 is 6.60. The Labute approximate surface area is 298 Å². The van der Waals surface area contributed by atoms with E-state index in [1.54, 1.807) is 0 Å². The Kier molecular flexibility index (Phi) is 6.60. The second-order valence-electron chi connectivity index (χ2n) is 13.2. The van der Waals surface area contributed by atoms with Gasteiger partial charge < -0.3 is 19.7 Å². The number of furan rings is 1. The van der Waals surface area contributed by atoms with Crippen molar-refractivity contribution in [1.82, 2.24) is 0 Å². The summed E-state index contributed by atoms with van der Waals surface area (Å²) in [6, 6.07) is 53.8. The van der Waals surface area contributed by atoms with Gasteiger partial charge >= 0.3 is 0 Å². The number of phenols is 3. The number of benzene rings is 9. The molecule has 0 aliphatic carbocycles. The lowest BCUT2D eigenvalue weighted by Gasteiger charge is -2.23. The van der Waals surface area contributed by atoms with Gasteiger partial charge in [-0.1, -0.05) is 152 Å². The fraction of sp³-hybridized carbons (Fsp3) is 0. The van der Waals surface area contributed by atoms with Crippen molar-refractivity contribution in [3.05, 3.63) is 164 Å². The van der Waals surface area contributed by atoms with E-state index in [2.05, 4.69) is 42.5 Å². The summed E-state index contributed by atoms with van der Waals surface area (Å²) in [6.45, 7) is 0. The highest BCUT2D eigenvalue weighted by Gasteiger charge is 2.29. The lowest BCUT2D eigenvalue weighted by atomic mass is 9.82. The molecular weight excluding hydrogens is 641 g/mol. The van der Waals surface area contributed by atoms with Crippen LogP contribution < -0.4 is 0 Å². The molecule has 4 nitrogen and oxygen atoms in total. The minimum Gasteiger partial charge on any atom is -0.506 e. The molecule has 3 N–H and O–H groups in total. The molecule has 246 valence electrons. The first-order valence-corrected chi connectivity index (χ1v) is 17.3. The maximum atomic E-state index is 12.5. The molecule has 4 heteroatoms. The van der Waals surface area contributed by atoms with Gasteiger partial charge in [-0.25, -0.2) is 0 Å². The van der Waals surface area contributed by atoms with Crippen LogP contribution in [0, 0.1) is 0 Å². The summed E-state index contributed by atoms with van der Waals surface area (Å²) in [7, 11) is 0. The van der Waals surface area contributed by atoms with E-state index in [1.165, 1.54) is 0 Å². The first-order valence-electron chi connectivity index (χ1n) is 17.3. The third-order valence-corrected chi connectivity index (χ3v) is 10.4. The van der Waals surface area contributed by atoms with Gasteiger partial charge in [-0.2, -0.15) is 0 Å². The zero-order valence-electron chi connectivity index (χ0n) is 27.8. The van der Waals surface area contributed by atoms with Crippen LogP contribution in [0.5, 0.6) is 17.2 Å². The van der Waals surface area contributed by atoms with Gasteiger partial charge in [0, 0.05) is 32.8 Å². The Bertz CT molecular complexity index is 2980. The van der Waals surface area contributed by atoms with Gasteiger partial charge in [0.2, 0.25) is 0 Å². The second-order valence-corrected chi connectivity index (χ2v) is 13.2. The Balaban J connectivity index is 1.34. The van der Waals surface area contributed by atoms with Crippen molar-refractivity contribution >= 4 is 54.3 Å². The largest absolute Gasteiger partial charge is 0.506 e. The lowest BCUT2D eigenvalue weighted by Crippen LogP contribution is -1.95. The van der Waals surface area contributed by atoms with Gasteiger partial charge in [0.1, 0.15) is 16.9 Å². The van der Waals surface area contributed by atoms with Crippen LogP contribution in [-0.4, -0.2) is 15.3 Å². The molecule has 0 fully saturated rings. The fourth-order valence-corrected chi connectivity index (χ4v) is 8.17. The molecule has 0 aliphatic rings. The molecule has 0 bridgehead atoms. The Morgan fingerprint density at radius 2 is 0.827 bits per heavy atom. The van der Waals surface area contributed by atoms with Gasteiger partial charge in [-0.3, -0.25) is 0 Å². The van der Waals surface area contributed by atoms with Crippen molar-refractivity contribution in [2.75, 3.05) is 0 Å². The molecule has 0 saturated heterocycles. The Morgan fingerprint density at radius 3 is 1.44 bits per heavy atom. The molecule has 0 atom stereocenters. The van der Waals surface area contributed by atoms with E-state index in [1.807, 2.05) is 121 Å². The predicted octanol–water partition coefficient (Wildman–Crippen LogP) is 12.8. The van der Waals surface area contributed by atoms with Crippen molar-refractivity contribution in [2.24, 2.45) is 0 Å². The third-order valence-electron chi connectivity index (χ3n) is 10.4. The smallest absolute Gasteiger partial charge is 0.169 e. The highest BCUT2D eigenvalue weighted by atomic mass is 16.3. The Hall–Kier alpha value is -7.04. The van der Waals surface area contributed by atoms with Crippen LogP contribution in [0.4, 0.5) is 0 Å². The van der Waals surface area contributed by atoms with Crippen LogP contribution in [-0.2, 0) is 0 Å². The number of phenolic OH excluding ortho intramolecular Hbond substituents is 3. The monoisotopic (exact) mass is 670 g/mol. The third kappa shape index (κ3) is 4.28. The van der Waals surface area contributed by atoms with Crippen molar-refractivity contribution < 1.29 is 19.7 Å². The van der Waals surface area contributed by atoms with E-state index >= 15 is 0 Å². The molecule has 0 saturated carbocycles. The quantitative estimate of drug-likeness (QED) is 0.0990. The first-order chi connectivity index (χ1) is 25.6. The molecule has 0 spiro atoms. The zero-order chi connectivity index (χ0) is 34.9. The molecule has 9 aromatic carbocycles. The van der Waals surface area contributed by atoms with Crippen molar-refractivity contribution in [2.45, 2.75) is 0 Å². The predicted molar refractivity (Wildman–Crippen MR) is 213 cm³/mol. The molecule has 0 radical (unpaired) electrons. The van der Waals surface area contributed by atoms with Gasteiger partial charge in [0.25, 0.3) is 0 Å². The summed E-state index contributed by atoms with van der Waals surface area (Å²) in [5.41, 5.74) is 6.68. The topological polar surface area (TPSA) is 73.8 Å². The molecule has 0 unspecified atom stereocenters. The molecule has 10 rings (SSSR count). The normalized spacial score (nSPS) is 11.7. The molecule has 1 heterocycles. The van der Waals surface area contributed by atoms with E-state index in [9.17, 15) is 15.3 Å². The second kappa shape index (κ2) is 11.5. The summed E-state index contributed by atoms with van der Waals surface area (Å²) in [4.78, 5) is 0. The van der Waals surface area contributed by atoms with Crippen molar-refractivity contribution in [1.29, 1.82) is 0 Å². The highest BCUT2D eigenvalue weighted by Crippen LogP contribution is 2.58. The average Bonchev–Trinajstić information content (AvgIpc) is 3.59. The van der Waals surface area contributed by atoms with Crippen LogP contribution in [0.1, 0.15) is 0 Å². The summed E-state index contributed by atoms with van der Waals surface area (Å²) in [5, 5.41) is 44.2. The van der Waals surface area contributed by atoms with E-state index in [4.69, 9.17) is 4.42 Å². The maximum Gasteiger partial charge on any atom is 0.169 e. The van der Waals surface area contributed by atoms with Gasteiger partial charge in [-0.05, 0) is 61.3 Å². The van der Waals surface area contributed by atoms with Crippen molar-refractivity contribution in [3.63, 3.8) is 0 Å². The molecular formula is C48H30O4. The number of rotatable bonds is 4. The first kappa shape index (κ1) is 29.8. The van der Waals surface area contributed by atoms with Gasteiger partial charge in [0.05, 0.1) is 5.56 Å². The van der Waals surface area contributed by atoms with Gasteiger partial charge in [0.15, 0.2) is 11.5 Å². The molecule has 1 aromatic heterocycles. The average molecular weight is 671 g/mol. The Morgan fingerprint density at radius 1 is 0.327 bits per heavy atom.